The molecule has 0 radical (unpaired) electrons. The predicted molar refractivity (Wildman–Crippen MR) is 71.7 cm³/mol. The predicted octanol–water partition coefficient (Wildman–Crippen LogP) is 2.13. The highest BCUT2D eigenvalue weighted by Gasteiger charge is 2.41. The molecule has 1 aromatic rings. The van der Waals surface area contributed by atoms with E-state index in [1.807, 2.05) is 12.1 Å². The summed E-state index contributed by atoms with van der Waals surface area (Å²) >= 11 is 0. The Morgan fingerprint density at radius 3 is 2.90 bits per heavy atom. The van der Waals surface area contributed by atoms with Crippen LogP contribution in [0.2, 0.25) is 0 Å². The van der Waals surface area contributed by atoms with Gasteiger partial charge in [0.25, 0.3) is 0 Å². The summed E-state index contributed by atoms with van der Waals surface area (Å²) in [5.74, 6) is 1.19. The van der Waals surface area contributed by atoms with Crippen LogP contribution in [0.3, 0.4) is 0 Å². The van der Waals surface area contributed by atoms with Gasteiger partial charge in [0.1, 0.15) is 11.8 Å². The van der Waals surface area contributed by atoms with Crippen molar-refractivity contribution in [2.75, 3.05) is 26.3 Å². The van der Waals surface area contributed by atoms with Crippen molar-refractivity contribution >= 4 is 0 Å². The zero-order chi connectivity index (χ0) is 14.0. The number of furan rings is 1. The van der Waals surface area contributed by atoms with E-state index in [2.05, 4.69) is 11.8 Å². The lowest BCUT2D eigenvalue weighted by atomic mass is 9.90. The number of nitriles is 1. The molecular formula is C15H20N2O3. The van der Waals surface area contributed by atoms with E-state index in [9.17, 15) is 0 Å². The Morgan fingerprint density at radius 2 is 2.20 bits per heavy atom. The van der Waals surface area contributed by atoms with Crippen LogP contribution in [0, 0.1) is 17.2 Å². The zero-order valence-electron chi connectivity index (χ0n) is 11.8. The Morgan fingerprint density at radius 1 is 1.40 bits per heavy atom. The van der Waals surface area contributed by atoms with Gasteiger partial charge in [-0.1, -0.05) is 0 Å². The smallest absolute Gasteiger partial charge is 0.203 e. The molecule has 5 heteroatoms. The van der Waals surface area contributed by atoms with Crippen molar-refractivity contribution < 1.29 is 13.9 Å². The monoisotopic (exact) mass is 276 g/mol. The summed E-state index contributed by atoms with van der Waals surface area (Å²) in [6.45, 7) is 6.17. The first-order valence-electron chi connectivity index (χ1n) is 7.19. The molecule has 2 aliphatic heterocycles. The molecule has 108 valence electrons. The lowest BCUT2D eigenvalue weighted by molar-refractivity contribution is -0.192. The second kappa shape index (κ2) is 5.57. The van der Waals surface area contributed by atoms with E-state index >= 15 is 0 Å². The SMILES string of the molecule is CC1(C2CCCN(Cc3ccc(C#N)o3)C2)OCCO1. The minimum Gasteiger partial charge on any atom is -0.449 e. The van der Waals surface area contributed by atoms with E-state index in [4.69, 9.17) is 19.2 Å². The second-order valence-electron chi connectivity index (χ2n) is 5.66. The summed E-state index contributed by atoms with van der Waals surface area (Å²) in [5, 5.41) is 8.79. The number of rotatable bonds is 3. The lowest BCUT2D eigenvalue weighted by Gasteiger charge is -2.39. The van der Waals surface area contributed by atoms with E-state index in [0.717, 1.165) is 38.2 Å². The summed E-state index contributed by atoms with van der Waals surface area (Å²) < 4.78 is 17.0. The molecule has 0 N–H and O–H groups in total. The van der Waals surface area contributed by atoms with E-state index in [1.165, 1.54) is 0 Å². The summed E-state index contributed by atoms with van der Waals surface area (Å²) in [7, 11) is 0. The third kappa shape index (κ3) is 2.73. The first-order valence-corrected chi connectivity index (χ1v) is 7.19. The number of hydrogen-bond acceptors (Lipinski definition) is 5. The van der Waals surface area contributed by atoms with Crippen LogP contribution in [-0.2, 0) is 16.0 Å². The Kier molecular flexibility index (Phi) is 3.79. The minimum absolute atomic E-state index is 0.378. The van der Waals surface area contributed by atoms with Crippen LogP contribution in [0.1, 0.15) is 31.3 Å². The molecule has 0 amide bonds. The number of piperidine rings is 1. The molecule has 0 aromatic carbocycles. The van der Waals surface area contributed by atoms with Crippen LogP contribution in [0.5, 0.6) is 0 Å². The molecular weight excluding hydrogens is 256 g/mol. The van der Waals surface area contributed by atoms with Crippen LogP contribution in [0.25, 0.3) is 0 Å². The van der Waals surface area contributed by atoms with Gasteiger partial charge in [0.15, 0.2) is 5.79 Å². The Bertz CT molecular complexity index is 499. The molecule has 0 spiro atoms. The van der Waals surface area contributed by atoms with Crippen LogP contribution >= 0.6 is 0 Å². The highest BCUT2D eigenvalue weighted by atomic mass is 16.7. The fourth-order valence-corrected chi connectivity index (χ4v) is 3.14. The highest BCUT2D eigenvalue weighted by molar-refractivity contribution is 5.19. The quantitative estimate of drug-likeness (QED) is 0.846. The van der Waals surface area contributed by atoms with Crippen molar-refractivity contribution in [3.05, 3.63) is 23.7 Å². The standard InChI is InChI=1S/C15H20N2O3/c1-15(18-7-8-19-15)12-3-2-6-17(10-12)11-14-5-4-13(9-16)20-14/h4-5,12H,2-3,6-8,10-11H2,1H3. The highest BCUT2D eigenvalue weighted by Crippen LogP contribution is 2.34. The van der Waals surface area contributed by atoms with E-state index in [0.29, 0.717) is 24.9 Å². The normalized spacial score (nSPS) is 26.5. The average molecular weight is 276 g/mol. The van der Waals surface area contributed by atoms with Gasteiger partial charge in [0, 0.05) is 12.5 Å². The van der Waals surface area contributed by atoms with Crippen molar-refractivity contribution in [2.24, 2.45) is 5.92 Å². The van der Waals surface area contributed by atoms with Gasteiger partial charge >= 0.3 is 0 Å². The van der Waals surface area contributed by atoms with Crippen LogP contribution < -0.4 is 0 Å². The first-order chi connectivity index (χ1) is 9.69. The van der Waals surface area contributed by atoms with Crippen LogP contribution in [0.4, 0.5) is 0 Å². The second-order valence-corrected chi connectivity index (χ2v) is 5.66. The molecule has 3 rings (SSSR count). The Labute approximate surface area is 119 Å². The van der Waals surface area contributed by atoms with Gasteiger partial charge in [0.05, 0.1) is 19.8 Å². The van der Waals surface area contributed by atoms with E-state index in [1.54, 1.807) is 6.07 Å². The topological polar surface area (TPSA) is 58.6 Å². The molecule has 2 aliphatic rings. The fourth-order valence-electron chi connectivity index (χ4n) is 3.14. The molecule has 1 atom stereocenters. The third-order valence-corrected chi connectivity index (χ3v) is 4.26. The van der Waals surface area contributed by atoms with Crippen LogP contribution in [-0.4, -0.2) is 37.0 Å². The van der Waals surface area contributed by atoms with Gasteiger partial charge in [-0.3, -0.25) is 4.90 Å². The van der Waals surface area contributed by atoms with Crippen LogP contribution in [0.15, 0.2) is 16.5 Å². The molecule has 0 saturated carbocycles. The third-order valence-electron chi connectivity index (χ3n) is 4.26. The van der Waals surface area contributed by atoms with Crippen molar-refractivity contribution in [1.29, 1.82) is 5.26 Å². The summed E-state index contributed by atoms with van der Waals surface area (Å²) in [6, 6.07) is 5.62. The molecule has 0 bridgehead atoms. The molecule has 20 heavy (non-hydrogen) atoms. The fraction of sp³-hybridized carbons (Fsp3) is 0.667. The average Bonchev–Trinajstić information content (AvgIpc) is 3.09. The largest absolute Gasteiger partial charge is 0.449 e. The summed E-state index contributed by atoms with van der Waals surface area (Å²) in [6.07, 6.45) is 2.27. The van der Waals surface area contributed by atoms with E-state index < -0.39 is 5.79 Å². The molecule has 2 saturated heterocycles. The first kappa shape index (κ1) is 13.6. The van der Waals surface area contributed by atoms with Gasteiger partial charge in [-0.05, 0) is 38.4 Å². The summed E-state index contributed by atoms with van der Waals surface area (Å²) in [5.41, 5.74) is 0. The number of hydrogen-bond donors (Lipinski definition) is 0. The van der Waals surface area contributed by atoms with Gasteiger partial charge < -0.3 is 13.9 Å². The Hall–Kier alpha value is -1.35. The number of nitrogens with zero attached hydrogens (tertiary/aromatic N) is 2. The Balaban J connectivity index is 1.62. The van der Waals surface area contributed by atoms with Crippen molar-refractivity contribution in [3.8, 4) is 6.07 Å². The molecule has 1 unspecified atom stereocenters. The van der Waals surface area contributed by atoms with Crippen molar-refractivity contribution in [1.82, 2.24) is 4.90 Å². The van der Waals surface area contributed by atoms with Gasteiger partial charge in [-0.15, -0.1) is 0 Å². The van der Waals surface area contributed by atoms with Gasteiger partial charge in [-0.2, -0.15) is 5.26 Å². The van der Waals surface area contributed by atoms with E-state index in [-0.39, 0.29) is 0 Å². The molecule has 1 aromatic heterocycles. The van der Waals surface area contributed by atoms with Crippen molar-refractivity contribution in [3.63, 3.8) is 0 Å². The zero-order valence-corrected chi connectivity index (χ0v) is 11.8. The maximum absolute atomic E-state index is 8.79. The van der Waals surface area contributed by atoms with Crippen molar-refractivity contribution in [2.45, 2.75) is 32.1 Å². The molecule has 2 fully saturated rings. The minimum atomic E-state index is -0.431. The molecule has 3 heterocycles. The maximum Gasteiger partial charge on any atom is 0.203 e. The number of likely N-dealkylation sites (tertiary alicyclic amines) is 1. The summed E-state index contributed by atoms with van der Waals surface area (Å²) in [4.78, 5) is 2.35. The van der Waals surface area contributed by atoms with Gasteiger partial charge in [0.2, 0.25) is 5.76 Å². The van der Waals surface area contributed by atoms with Gasteiger partial charge in [-0.25, -0.2) is 0 Å². The lowest BCUT2D eigenvalue weighted by Crippen LogP contribution is -2.46. The molecule has 0 aliphatic carbocycles. The number of ether oxygens (including phenoxy) is 2. The molecule has 5 nitrogen and oxygen atoms in total. The maximum atomic E-state index is 8.79.